The van der Waals surface area contributed by atoms with Gasteiger partial charge in [0.05, 0.1) is 22.2 Å². The molecule has 0 fully saturated rings. The second-order valence-corrected chi connectivity index (χ2v) is 9.66. The van der Waals surface area contributed by atoms with Gasteiger partial charge in [0, 0.05) is 41.4 Å². The van der Waals surface area contributed by atoms with Crippen molar-refractivity contribution in [1.29, 1.82) is 0 Å². The molecule has 7 heteroatoms. The summed E-state index contributed by atoms with van der Waals surface area (Å²) in [6.07, 6.45) is 2.47. The Morgan fingerprint density at radius 3 is 2.26 bits per heavy atom. The molecular formula is C32H24N4O3. The molecule has 1 aliphatic heterocycles. The quantitative estimate of drug-likeness (QED) is 0.305. The van der Waals surface area contributed by atoms with Crippen molar-refractivity contribution in [3.8, 4) is 5.69 Å². The zero-order valence-corrected chi connectivity index (χ0v) is 21.0. The number of rotatable bonds is 6. The molecule has 0 atom stereocenters. The van der Waals surface area contributed by atoms with Crippen LogP contribution in [0.1, 0.15) is 17.7 Å². The molecule has 0 saturated carbocycles. The summed E-state index contributed by atoms with van der Waals surface area (Å²) in [7, 11) is 0. The van der Waals surface area contributed by atoms with Gasteiger partial charge in [0.1, 0.15) is 5.69 Å². The zero-order chi connectivity index (χ0) is 26.5. The molecule has 190 valence electrons. The van der Waals surface area contributed by atoms with Crippen molar-refractivity contribution in [3.05, 3.63) is 108 Å². The lowest BCUT2D eigenvalue weighted by Gasteiger charge is -2.07. The van der Waals surface area contributed by atoms with Gasteiger partial charge in [-0.2, -0.15) is 5.10 Å². The van der Waals surface area contributed by atoms with E-state index in [1.807, 2.05) is 66.9 Å². The maximum absolute atomic E-state index is 13.4. The molecule has 4 aromatic carbocycles. The minimum absolute atomic E-state index is 0.0325. The number of hydrogen-bond donors (Lipinski definition) is 2. The van der Waals surface area contributed by atoms with E-state index in [0.29, 0.717) is 29.8 Å². The summed E-state index contributed by atoms with van der Waals surface area (Å²) < 4.78 is 3.86. The van der Waals surface area contributed by atoms with Crippen LogP contribution < -0.4 is 5.32 Å². The fourth-order valence-corrected chi connectivity index (χ4v) is 5.56. The first-order chi connectivity index (χ1) is 19.1. The van der Waals surface area contributed by atoms with Crippen LogP contribution in [0.3, 0.4) is 0 Å². The number of imide groups is 1. The average Bonchev–Trinajstić information content (AvgIpc) is 3.62. The molecule has 6 aromatic rings. The van der Waals surface area contributed by atoms with E-state index in [1.54, 1.807) is 4.68 Å². The third kappa shape index (κ3) is 3.66. The number of fused-ring (bicyclic) bond motifs is 3. The first-order valence-electron chi connectivity index (χ1n) is 12.9. The number of nitrogens with one attached hydrogen (secondary N) is 1. The summed E-state index contributed by atoms with van der Waals surface area (Å²) >= 11 is 0. The fraction of sp³-hybridized carbons (Fsp3) is 0.0938. The highest BCUT2D eigenvalue weighted by Crippen LogP contribution is 2.39. The predicted octanol–water partition coefficient (Wildman–Crippen LogP) is 5.08. The van der Waals surface area contributed by atoms with Gasteiger partial charge in [0.2, 0.25) is 0 Å². The third-order valence-electron chi connectivity index (χ3n) is 7.35. The standard InChI is InChI=1S/C32H24N4O3/c37-17-7-16-36-27-13-6-4-11-24(27)30(34-36)29-28(31(38)33-32(29)39)25-19-35(26-12-5-3-10-23(25)26)22-15-14-20-8-1-2-9-21(20)18-22/h1-6,8-15,18-19,37H,7,16-17H2,(H,33,38,39). The number of benzene rings is 4. The van der Waals surface area contributed by atoms with E-state index in [9.17, 15) is 14.7 Å². The van der Waals surface area contributed by atoms with Crippen LogP contribution in [0.15, 0.2) is 97.2 Å². The van der Waals surface area contributed by atoms with Gasteiger partial charge in [-0.3, -0.25) is 19.6 Å². The molecule has 0 bridgehead atoms. The van der Waals surface area contributed by atoms with E-state index in [-0.39, 0.29) is 12.2 Å². The highest BCUT2D eigenvalue weighted by molar-refractivity contribution is 6.50. The van der Waals surface area contributed by atoms with E-state index < -0.39 is 11.8 Å². The Labute approximate surface area is 223 Å². The molecule has 2 amide bonds. The third-order valence-corrected chi connectivity index (χ3v) is 7.35. The van der Waals surface area contributed by atoms with Crippen LogP contribution in [-0.4, -0.2) is 37.9 Å². The summed E-state index contributed by atoms with van der Waals surface area (Å²) in [4.78, 5) is 26.7. The lowest BCUT2D eigenvalue weighted by Crippen LogP contribution is -2.22. The molecular weight excluding hydrogens is 488 g/mol. The molecule has 3 heterocycles. The van der Waals surface area contributed by atoms with E-state index in [2.05, 4.69) is 40.2 Å². The molecule has 2 aromatic heterocycles. The van der Waals surface area contributed by atoms with Crippen molar-refractivity contribution in [1.82, 2.24) is 19.7 Å². The van der Waals surface area contributed by atoms with Crippen molar-refractivity contribution < 1.29 is 14.7 Å². The van der Waals surface area contributed by atoms with Crippen LogP contribution in [0.2, 0.25) is 0 Å². The number of nitrogens with zero attached hydrogens (tertiary/aromatic N) is 3. The summed E-state index contributed by atoms with van der Waals surface area (Å²) in [6, 6.07) is 30.0. The van der Waals surface area contributed by atoms with Crippen LogP contribution in [0.4, 0.5) is 0 Å². The number of aliphatic hydroxyl groups is 1. The fourth-order valence-electron chi connectivity index (χ4n) is 5.56. The maximum Gasteiger partial charge on any atom is 0.261 e. The van der Waals surface area contributed by atoms with Crippen LogP contribution in [0.25, 0.3) is 49.4 Å². The van der Waals surface area contributed by atoms with Crippen molar-refractivity contribution in [3.63, 3.8) is 0 Å². The van der Waals surface area contributed by atoms with Gasteiger partial charge in [0.15, 0.2) is 0 Å². The average molecular weight is 513 g/mol. The molecule has 39 heavy (non-hydrogen) atoms. The van der Waals surface area contributed by atoms with Crippen molar-refractivity contribution in [2.45, 2.75) is 13.0 Å². The first-order valence-corrected chi connectivity index (χ1v) is 12.9. The molecule has 2 N–H and O–H groups in total. The van der Waals surface area contributed by atoms with Crippen LogP contribution >= 0.6 is 0 Å². The van der Waals surface area contributed by atoms with Gasteiger partial charge in [0.25, 0.3) is 11.8 Å². The van der Waals surface area contributed by atoms with Gasteiger partial charge >= 0.3 is 0 Å². The maximum atomic E-state index is 13.4. The minimum Gasteiger partial charge on any atom is -0.396 e. The van der Waals surface area contributed by atoms with E-state index >= 15 is 0 Å². The number of para-hydroxylation sites is 2. The molecule has 0 radical (unpaired) electrons. The second kappa shape index (κ2) is 9.08. The monoisotopic (exact) mass is 512 g/mol. The normalized spacial score (nSPS) is 13.8. The van der Waals surface area contributed by atoms with Crippen LogP contribution in [0, 0.1) is 0 Å². The largest absolute Gasteiger partial charge is 0.396 e. The summed E-state index contributed by atoms with van der Waals surface area (Å²) in [5.41, 5.74) is 4.45. The van der Waals surface area contributed by atoms with Crippen LogP contribution in [-0.2, 0) is 16.1 Å². The number of hydrogen-bond acceptors (Lipinski definition) is 4. The molecule has 0 spiro atoms. The molecule has 0 aliphatic carbocycles. The highest BCUT2D eigenvalue weighted by Gasteiger charge is 2.36. The number of carbonyl (C=O) groups is 2. The Morgan fingerprint density at radius 1 is 0.744 bits per heavy atom. The van der Waals surface area contributed by atoms with Gasteiger partial charge < -0.3 is 9.67 Å². The highest BCUT2D eigenvalue weighted by atomic mass is 16.3. The van der Waals surface area contributed by atoms with Crippen molar-refractivity contribution in [2.75, 3.05) is 6.61 Å². The van der Waals surface area contributed by atoms with Crippen molar-refractivity contribution in [2.24, 2.45) is 0 Å². The van der Waals surface area contributed by atoms with Gasteiger partial charge in [-0.25, -0.2) is 0 Å². The molecule has 0 saturated heterocycles. The van der Waals surface area contributed by atoms with Gasteiger partial charge in [-0.05, 0) is 41.5 Å². The smallest absolute Gasteiger partial charge is 0.261 e. The summed E-state index contributed by atoms with van der Waals surface area (Å²) in [5.74, 6) is -0.902. The first kappa shape index (κ1) is 23.1. The zero-order valence-electron chi connectivity index (χ0n) is 21.0. The van der Waals surface area contributed by atoms with Crippen LogP contribution in [0.5, 0.6) is 0 Å². The number of aromatic nitrogens is 3. The topological polar surface area (TPSA) is 89.2 Å². The Morgan fingerprint density at radius 2 is 1.44 bits per heavy atom. The van der Waals surface area contributed by atoms with Gasteiger partial charge in [-0.1, -0.05) is 66.7 Å². The SMILES string of the molecule is O=C1NC(=O)C(c2nn(CCCO)c3ccccc23)=C1c1cn(-c2ccc3ccccc3c2)c2ccccc12. The lowest BCUT2D eigenvalue weighted by atomic mass is 9.97. The molecule has 7 rings (SSSR count). The molecule has 7 nitrogen and oxygen atoms in total. The number of aliphatic hydroxyl groups excluding tert-OH is 1. The lowest BCUT2D eigenvalue weighted by molar-refractivity contribution is -0.122. The molecule has 0 unspecified atom stereocenters. The number of amides is 2. The van der Waals surface area contributed by atoms with Crippen molar-refractivity contribution >= 4 is 55.5 Å². The van der Waals surface area contributed by atoms with E-state index in [0.717, 1.165) is 38.3 Å². The predicted molar refractivity (Wildman–Crippen MR) is 152 cm³/mol. The Hall–Kier alpha value is -5.01. The van der Waals surface area contributed by atoms with E-state index in [4.69, 9.17) is 5.10 Å². The second-order valence-electron chi connectivity index (χ2n) is 9.66. The number of carbonyl (C=O) groups excluding carboxylic acids is 2. The number of aryl methyl sites for hydroxylation is 1. The Balaban J connectivity index is 1.48. The minimum atomic E-state index is -0.463. The van der Waals surface area contributed by atoms with E-state index in [1.165, 1.54) is 0 Å². The Bertz CT molecular complexity index is 1980. The Kier molecular flexibility index (Phi) is 5.38. The van der Waals surface area contributed by atoms with Gasteiger partial charge in [-0.15, -0.1) is 0 Å². The molecule has 1 aliphatic rings. The summed E-state index contributed by atoms with van der Waals surface area (Å²) in [5, 5.41) is 20.6. The summed E-state index contributed by atoms with van der Waals surface area (Å²) in [6.45, 7) is 0.529.